The molecule has 1 aromatic rings. The molecule has 9 heteroatoms. The molecule has 3 aliphatic heterocycles. The Kier molecular flexibility index (Phi) is 8.28. The van der Waals surface area contributed by atoms with Crippen molar-refractivity contribution in [1.82, 2.24) is 24.9 Å². The second-order valence-electron chi connectivity index (χ2n) is 10.2. The first-order valence-electron chi connectivity index (χ1n) is 12.9. The van der Waals surface area contributed by atoms with Crippen LogP contribution in [0.2, 0.25) is 0 Å². The van der Waals surface area contributed by atoms with Gasteiger partial charge in [-0.3, -0.25) is 19.4 Å². The van der Waals surface area contributed by atoms with Crippen molar-refractivity contribution in [3.63, 3.8) is 0 Å². The van der Waals surface area contributed by atoms with Crippen molar-refractivity contribution < 1.29 is 19.1 Å². The van der Waals surface area contributed by atoms with Gasteiger partial charge in [-0.25, -0.2) is 9.69 Å². The van der Waals surface area contributed by atoms with Gasteiger partial charge < -0.3 is 15.0 Å². The molecule has 0 bridgehead atoms. The Morgan fingerprint density at radius 3 is 2.20 bits per heavy atom. The van der Waals surface area contributed by atoms with Gasteiger partial charge in [-0.2, -0.15) is 0 Å². The van der Waals surface area contributed by atoms with E-state index in [0.29, 0.717) is 19.4 Å². The molecule has 35 heavy (non-hydrogen) atoms. The molecule has 3 heterocycles. The van der Waals surface area contributed by atoms with Gasteiger partial charge in [-0.05, 0) is 50.3 Å². The summed E-state index contributed by atoms with van der Waals surface area (Å²) in [6, 6.07) is 7.45. The van der Waals surface area contributed by atoms with E-state index in [0.717, 1.165) is 63.4 Å². The molecule has 1 aromatic carbocycles. The van der Waals surface area contributed by atoms with E-state index in [1.807, 2.05) is 36.1 Å². The Bertz CT molecular complexity index is 892. The number of aryl methyl sites for hydroxylation is 1. The quantitative estimate of drug-likeness (QED) is 0.567. The zero-order chi connectivity index (χ0) is 24.8. The third-order valence-electron chi connectivity index (χ3n) is 7.54. The van der Waals surface area contributed by atoms with Crippen molar-refractivity contribution >= 4 is 17.8 Å². The Labute approximate surface area is 208 Å². The second kappa shape index (κ2) is 11.4. The highest BCUT2D eigenvalue weighted by molar-refractivity contribution is 6.06. The fourth-order valence-corrected chi connectivity index (χ4v) is 5.13. The average Bonchev–Trinajstić information content (AvgIpc) is 3.06. The maximum atomic E-state index is 13.2. The van der Waals surface area contributed by atoms with Gasteiger partial charge in [0, 0.05) is 39.3 Å². The smallest absolute Gasteiger partial charge is 0.326 e. The zero-order valence-corrected chi connectivity index (χ0v) is 21.1. The molecule has 1 N–H and O–H groups in total. The molecule has 0 unspecified atom stereocenters. The normalized spacial score (nSPS) is 24.4. The molecule has 1 atom stereocenters. The first kappa shape index (κ1) is 25.4. The highest BCUT2D eigenvalue weighted by Crippen LogP contribution is 2.24. The van der Waals surface area contributed by atoms with Crippen LogP contribution < -0.4 is 10.1 Å². The number of amides is 4. The van der Waals surface area contributed by atoms with Gasteiger partial charge in [-0.15, -0.1) is 0 Å². The molecule has 3 saturated heterocycles. The Morgan fingerprint density at radius 2 is 1.57 bits per heavy atom. The predicted molar refractivity (Wildman–Crippen MR) is 133 cm³/mol. The third kappa shape index (κ3) is 6.32. The number of carbonyl (C=O) groups is 3. The Morgan fingerprint density at radius 1 is 0.943 bits per heavy atom. The van der Waals surface area contributed by atoms with Crippen molar-refractivity contribution in [3.8, 4) is 5.75 Å². The lowest BCUT2D eigenvalue weighted by molar-refractivity contribution is -0.133. The van der Waals surface area contributed by atoms with Gasteiger partial charge in [0.15, 0.2) is 0 Å². The van der Waals surface area contributed by atoms with Gasteiger partial charge in [0.2, 0.25) is 5.91 Å². The van der Waals surface area contributed by atoms with E-state index in [1.54, 1.807) is 7.11 Å². The summed E-state index contributed by atoms with van der Waals surface area (Å²) in [5, 5.41) is 2.91. The Hall–Kier alpha value is -2.65. The fraction of sp³-hybridized carbons (Fsp3) is 0.654. The molecular formula is C26H39N5O4. The summed E-state index contributed by atoms with van der Waals surface area (Å²) < 4.78 is 5.20. The maximum Gasteiger partial charge on any atom is 0.326 e. The standard InChI is InChI=1S/C26H39N5O4/c1-26(12-11-21-7-9-22(35-2)10-8-21)24(33)31(25(34)27-26)20-29-17-15-28(16-18-29)19-23(32)30-13-5-3-4-6-14-30/h7-10H,3-6,11-20H2,1-2H3,(H,27,34)/t26-/m1/s1. The SMILES string of the molecule is COc1ccc(CC[C@@]2(C)NC(=O)N(CN3CCN(CC(=O)N4CCCCCC4)CC3)C2=O)cc1. The van der Waals surface area contributed by atoms with Crippen LogP contribution >= 0.6 is 0 Å². The fourth-order valence-electron chi connectivity index (χ4n) is 5.13. The van der Waals surface area contributed by atoms with Gasteiger partial charge >= 0.3 is 6.03 Å². The number of imide groups is 1. The molecular weight excluding hydrogens is 446 g/mol. The maximum absolute atomic E-state index is 13.2. The summed E-state index contributed by atoms with van der Waals surface area (Å²) in [5.74, 6) is 0.847. The van der Waals surface area contributed by atoms with E-state index >= 15 is 0 Å². The van der Waals surface area contributed by atoms with Crippen LogP contribution in [0.25, 0.3) is 0 Å². The summed E-state index contributed by atoms with van der Waals surface area (Å²) >= 11 is 0. The number of nitrogens with zero attached hydrogens (tertiary/aromatic N) is 4. The highest BCUT2D eigenvalue weighted by Gasteiger charge is 2.47. The van der Waals surface area contributed by atoms with E-state index in [-0.39, 0.29) is 24.5 Å². The van der Waals surface area contributed by atoms with Crippen molar-refractivity contribution in [2.75, 3.05) is 59.6 Å². The summed E-state index contributed by atoms with van der Waals surface area (Å²) in [6.07, 6.45) is 5.85. The first-order chi connectivity index (χ1) is 16.9. The number of benzene rings is 1. The number of hydrogen-bond acceptors (Lipinski definition) is 6. The van der Waals surface area contributed by atoms with Crippen LogP contribution in [0.3, 0.4) is 0 Å². The van der Waals surface area contributed by atoms with Crippen LogP contribution in [0.4, 0.5) is 4.79 Å². The van der Waals surface area contributed by atoms with E-state index < -0.39 is 5.54 Å². The molecule has 3 aliphatic rings. The second-order valence-corrected chi connectivity index (χ2v) is 10.2. The monoisotopic (exact) mass is 485 g/mol. The third-order valence-corrected chi connectivity index (χ3v) is 7.54. The van der Waals surface area contributed by atoms with Crippen LogP contribution in [-0.2, 0) is 16.0 Å². The molecule has 0 aromatic heterocycles. The van der Waals surface area contributed by atoms with Crippen LogP contribution in [0, 0.1) is 0 Å². The number of ether oxygens (including phenoxy) is 1. The summed E-state index contributed by atoms with van der Waals surface area (Å²) in [4.78, 5) is 46.2. The lowest BCUT2D eigenvalue weighted by Crippen LogP contribution is -2.53. The molecule has 0 spiro atoms. The van der Waals surface area contributed by atoms with E-state index in [1.165, 1.54) is 17.7 Å². The molecule has 0 saturated carbocycles. The number of carbonyl (C=O) groups excluding carboxylic acids is 3. The highest BCUT2D eigenvalue weighted by atomic mass is 16.5. The molecule has 192 valence electrons. The minimum Gasteiger partial charge on any atom is -0.497 e. The number of piperazine rings is 1. The van der Waals surface area contributed by atoms with Crippen molar-refractivity contribution in [2.45, 2.75) is 51.0 Å². The number of methoxy groups -OCH3 is 1. The molecule has 4 rings (SSSR count). The summed E-state index contributed by atoms with van der Waals surface area (Å²) in [5.41, 5.74) is 0.191. The van der Waals surface area contributed by atoms with Crippen molar-refractivity contribution in [1.29, 1.82) is 0 Å². The lowest BCUT2D eigenvalue weighted by atomic mass is 9.93. The van der Waals surface area contributed by atoms with Crippen LogP contribution in [0.15, 0.2) is 24.3 Å². The molecule has 0 radical (unpaired) electrons. The summed E-state index contributed by atoms with van der Waals surface area (Å²) in [7, 11) is 1.63. The van der Waals surface area contributed by atoms with E-state index in [9.17, 15) is 14.4 Å². The minimum atomic E-state index is -0.904. The lowest BCUT2D eigenvalue weighted by Gasteiger charge is -2.36. The molecule has 9 nitrogen and oxygen atoms in total. The van der Waals surface area contributed by atoms with Gasteiger partial charge in [0.1, 0.15) is 11.3 Å². The molecule has 0 aliphatic carbocycles. The van der Waals surface area contributed by atoms with Crippen LogP contribution in [0.5, 0.6) is 5.75 Å². The topological polar surface area (TPSA) is 85.4 Å². The number of hydrogen-bond donors (Lipinski definition) is 1. The largest absolute Gasteiger partial charge is 0.497 e. The van der Waals surface area contributed by atoms with Gasteiger partial charge in [0.25, 0.3) is 5.91 Å². The molecule has 4 amide bonds. The van der Waals surface area contributed by atoms with Gasteiger partial charge in [-0.1, -0.05) is 25.0 Å². The first-order valence-corrected chi connectivity index (χ1v) is 12.9. The predicted octanol–water partition coefficient (Wildman–Crippen LogP) is 1.92. The number of likely N-dealkylation sites (tertiary alicyclic amines) is 1. The Balaban J connectivity index is 1.23. The molecule has 3 fully saturated rings. The minimum absolute atomic E-state index is 0.171. The van der Waals surface area contributed by atoms with Crippen molar-refractivity contribution in [2.24, 2.45) is 0 Å². The number of urea groups is 1. The van der Waals surface area contributed by atoms with Gasteiger partial charge in [0.05, 0.1) is 20.3 Å². The van der Waals surface area contributed by atoms with E-state index in [4.69, 9.17) is 4.74 Å². The summed E-state index contributed by atoms with van der Waals surface area (Å²) in [6.45, 7) is 7.29. The number of rotatable bonds is 8. The van der Waals surface area contributed by atoms with Crippen LogP contribution in [0.1, 0.15) is 44.6 Å². The zero-order valence-electron chi connectivity index (χ0n) is 21.1. The number of nitrogens with one attached hydrogen (secondary N) is 1. The van der Waals surface area contributed by atoms with Crippen LogP contribution in [-0.4, -0.2) is 103 Å². The van der Waals surface area contributed by atoms with Crippen molar-refractivity contribution in [3.05, 3.63) is 29.8 Å². The average molecular weight is 486 g/mol. The van der Waals surface area contributed by atoms with E-state index in [2.05, 4.69) is 15.1 Å².